The molecular weight excluding hydrogens is 416 g/mol. The van der Waals surface area contributed by atoms with Crippen LogP contribution in [0.3, 0.4) is 0 Å². The van der Waals surface area contributed by atoms with Crippen molar-refractivity contribution in [3.8, 4) is 10.6 Å². The van der Waals surface area contributed by atoms with Gasteiger partial charge in [-0.3, -0.25) is 4.79 Å². The Morgan fingerprint density at radius 1 is 0.968 bits per heavy atom. The molecule has 0 unspecified atom stereocenters. The van der Waals surface area contributed by atoms with Gasteiger partial charge < -0.3 is 29.1 Å². The zero-order valence-corrected chi connectivity index (χ0v) is 17.9. The molecule has 1 aromatic carbocycles. The topological polar surface area (TPSA) is 80.1 Å². The van der Waals surface area contributed by atoms with Crippen LogP contribution in [0.1, 0.15) is 10.5 Å². The third-order valence-electron chi connectivity index (χ3n) is 5.46. The van der Waals surface area contributed by atoms with E-state index >= 15 is 0 Å². The molecule has 1 amide bonds. The first-order valence-electron chi connectivity index (χ1n) is 10.4. The van der Waals surface area contributed by atoms with E-state index in [0.717, 1.165) is 61.3 Å². The van der Waals surface area contributed by atoms with Gasteiger partial charge in [0.2, 0.25) is 0 Å². The number of morpholine rings is 2. The lowest BCUT2D eigenvalue weighted by molar-refractivity contribution is 0.101. The second kappa shape index (κ2) is 9.09. The molecule has 2 saturated heterocycles. The van der Waals surface area contributed by atoms with Crippen LogP contribution < -0.4 is 15.1 Å². The van der Waals surface area contributed by atoms with Crippen molar-refractivity contribution in [2.45, 2.75) is 0 Å². The quantitative estimate of drug-likeness (QED) is 0.652. The normalized spacial score (nSPS) is 17.0. The SMILES string of the molecule is O=C(Nc1ccc(N2CCOCC2)cc1N1CCOCC1)c1cc(-c2cccs2)on1. The first-order valence-corrected chi connectivity index (χ1v) is 11.3. The fourth-order valence-electron chi connectivity index (χ4n) is 3.81. The number of carbonyl (C=O) groups is 1. The third kappa shape index (κ3) is 4.43. The van der Waals surface area contributed by atoms with Crippen molar-refractivity contribution in [3.63, 3.8) is 0 Å². The van der Waals surface area contributed by atoms with Gasteiger partial charge in [-0.05, 0) is 29.6 Å². The van der Waals surface area contributed by atoms with Gasteiger partial charge in [0.15, 0.2) is 11.5 Å². The second-order valence-corrected chi connectivity index (χ2v) is 8.36. The molecule has 162 valence electrons. The summed E-state index contributed by atoms with van der Waals surface area (Å²) in [6.07, 6.45) is 0. The van der Waals surface area contributed by atoms with Gasteiger partial charge in [-0.2, -0.15) is 0 Å². The summed E-state index contributed by atoms with van der Waals surface area (Å²) in [5, 5.41) is 8.96. The molecule has 0 aliphatic carbocycles. The van der Waals surface area contributed by atoms with E-state index in [1.54, 1.807) is 17.4 Å². The molecule has 9 heteroatoms. The molecule has 2 fully saturated rings. The van der Waals surface area contributed by atoms with Gasteiger partial charge >= 0.3 is 0 Å². The van der Waals surface area contributed by atoms with E-state index in [1.165, 1.54) is 0 Å². The summed E-state index contributed by atoms with van der Waals surface area (Å²) in [6, 6.07) is 11.7. The molecule has 8 nitrogen and oxygen atoms in total. The average molecular weight is 441 g/mol. The summed E-state index contributed by atoms with van der Waals surface area (Å²) in [6.45, 7) is 6.07. The lowest BCUT2D eigenvalue weighted by Gasteiger charge is -2.33. The van der Waals surface area contributed by atoms with Crippen molar-refractivity contribution < 1.29 is 18.8 Å². The molecule has 2 aliphatic rings. The summed E-state index contributed by atoms with van der Waals surface area (Å²) in [5.74, 6) is 0.302. The highest BCUT2D eigenvalue weighted by molar-refractivity contribution is 7.13. The minimum atomic E-state index is -0.291. The maximum atomic E-state index is 12.9. The molecule has 0 bridgehead atoms. The van der Waals surface area contributed by atoms with Crippen LogP contribution in [0.4, 0.5) is 17.1 Å². The number of hydrogen-bond acceptors (Lipinski definition) is 8. The smallest absolute Gasteiger partial charge is 0.277 e. The van der Waals surface area contributed by atoms with Crippen LogP contribution in [-0.4, -0.2) is 63.7 Å². The zero-order valence-electron chi connectivity index (χ0n) is 17.1. The van der Waals surface area contributed by atoms with Crippen LogP contribution in [-0.2, 0) is 9.47 Å². The molecule has 3 aromatic rings. The molecular formula is C22H24N4O4S. The second-order valence-electron chi connectivity index (χ2n) is 7.41. The van der Waals surface area contributed by atoms with Gasteiger partial charge in [0.05, 0.1) is 42.7 Å². The molecule has 0 spiro atoms. The Morgan fingerprint density at radius 2 is 1.71 bits per heavy atom. The largest absolute Gasteiger partial charge is 0.378 e. The molecule has 2 aromatic heterocycles. The highest BCUT2D eigenvalue weighted by Crippen LogP contribution is 2.33. The minimum Gasteiger partial charge on any atom is -0.378 e. The minimum absolute atomic E-state index is 0.258. The van der Waals surface area contributed by atoms with Crippen molar-refractivity contribution in [1.29, 1.82) is 0 Å². The zero-order chi connectivity index (χ0) is 21.0. The third-order valence-corrected chi connectivity index (χ3v) is 6.35. The van der Waals surface area contributed by atoms with Gasteiger partial charge in [0.25, 0.3) is 5.91 Å². The van der Waals surface area contributed by atoms with Gasteiger partial charge in [-0.15, -0.1) is 11.3 Å². The van der Waals surface area contributed by atoms with E-state index in [4.69, 9.17) is 14.0 Å². The van der Waals surface area contributed by atoms with E-state index in [9.17, 15) is 4.79 Å². The van der Waals surface area contributed by atoms with Gasteiger partial charge in [-0.1, -0.05) is 11.2 Å². The van der Waals surface area contributed by atoms with Gasteiger partial charge in [0, 0.05) is 37.9 Å². The van der Waals surface area contributed by atoms with Crippen LogP contribution >= 0.6 is 11.3 Å². The molecule has 2 aliphatic heterocycles. The van der Waals surface area contributed by atoms with Crippen LogP contribution in [0, 0.1) is 0 Å². The van der Waals surface area contributed by atoms with Gasteiger partial charge in [-0.25, -0.2) is 0 Å². The molecule has 31 heavy (non-hydrogen) atoms. The van der Waals surface area contributed by atoms with E-state index < -0.39 is 0 Å². The number of nitrogens with zero attached hydrogens (tertiary/aromatic N) is 3. The Morgan fingerprint density at radius 3 is 2.42 bits per heavy atom. The number of hydrogen-bond donors (Lipinski definition) is 1. The lowest BCUT2D eigenvalue weighted by Crippen LogP contribution is -2.38. The fourth-order valence-corrected chi connectivity index (χ4v) is 4.49. The van der Waals surface area contributed by atoms with Crippen LogP contribution in [0.5, 0.6) is 0 Å². The maximum absolute atomic E-state index is 12.9. The van der Waals surface area contributed by atoms with Crippen molar-refractivity contribution in [3.05, 3.63) is 47.5 Å². The van der Waals surface area contributed by atoms with E-state index in [2.05, 4.69) is 26.3 Å². The Labute approximate surface area is 184 Å². The number of carbonyl (C=O) groups excluding carboxylic acids is 1. The average Bonchev–Trinajstić information content (AvgIpc) is 3.53. The Hall–Kier alpha value is -2.88. The molecule has 0 atom stereocenters. The van der Waals surface area contributed by atoms with E-state index in [-0.39, 0.29) is 11.6 Å². The summed E-state index contributed by atoms with van der Waals surface area (Å²) < 4.78 is 16.4. The highest BCUT2D eigenvalue weighted by Gasteiger charge is 2.21. The van der Waals surface area contributed by atoms with E-state index in [0.29, 0.717) is 19.0 Å². The summed E-state index contributed by atoms with van der Waals surface area (Å²) in [7, 11) is 0. The number of benzene rings is 1. The maximum Gasteiger partial charge on any atom is 0.277 e. The Balaban J connectivity index is 1.40. The molecule has 0 radical (unpaired) electrons. The summed E-state index contributed by atoms with van der Waals surface area (Å²) in [5.41, 5.74) is 3.13. The number of nitrogens with one attached hydrogen (secondary N) is 1. The number of thiophene rings is 1. The standard InChI is InChI=1S/C22H24N4O4S/c27-22(18-15-20(30-24-18)21-2-1-13-31-21)23-17-4-3-16(25-5-9-28-10-6-25)14-19(17)26-7-11-29-12-8-26/h1-4,13-15H,5-12H2,(H,23,27). The first-order chi connectivity index (χ1) is 15.3. The molecule has 1 N–H and O–H groups in total. The van der Waals surface area contributed by atoms with Crippen LogP contribution in [0.2, 0.25) is 0 Å². The van der Waals surface area contributed by atoms with Crippen molar-refractivity contribution in [2.75, 3.05) is 67.7 Å². The fraction of sp³-hybridized carbons (Fsp3) is 0.364. The van der Waals surface area contributed by atoms with Crippen molar-refractivity contribution >= 4 is 34.3 Å². The van der Waals surface area contributed by atoms with Gasteiger partial charge in [0.1, 0.15) is 0 Å². The van der Waals surface area contributed by atoms with Crippen molar-refractivity contribution in [1.82, 2.24) is 5.16 Å². The van der Waals surface area contributed by atoms with Crippen LogP contribution in [0.25, 0.3) is 10.6 Å². The predicted octanol–water partition coefficient (Wildman–Crippen LogP) is 3.33. The molecule has 4 heterocycles. The number of ether oxygens (including phenoxy) is 2. The number of amides is 1. The number of rotatable bonds is 5. The van der Waals surface area contributed by atoms with Crippen LogP contribution in [0.15, 0.2) is 46.3 Å². The predicted molar refractivity (Wildman–Crippen MR) is 120 cm³/mol. The lowest BCUT2D eigenvalue weighted by atomic mass is 10.1. The Kier molecular flexibility index (Phi) is 5.88. The summed E-state index contributed by atoms with van der Waals surface area (Å²) >= 11 is 1.54. The molecule has 5 rings (SSSR count). The Bertz CT molecular complexity index is 1020. The number of aromatic nitrogens is 1. The summed E-state index contributed by atoms with van der Waals surface area (Å²) in [4.78, 5) is 18.4. The van der Waals surface area contributed by atoms with E-state index in [1.807, 2.05) is 29.6 Å². The van der Waals surface area contributed by atoms with Crippen molar-refractivity contribution in [2.24, 2.45) is 0 Å². The number of anilines is 3. The molecule has 0 saturated carbocycles. The first kappa shape index (κ1) is 20.0. The monoisotopic (exact) mass is 440 g/mol. The highest BCUT2D eigenvalue weighted by atomic mass is 32.1.